The van der Waals surface area contributed by atoms with E-state index in [4.69, 9.17) is 9.73 Å². The predicted octanol–water partition coefficient (Wildman–Crippen LogP) is 4.27. The van der Waals surface area contributed by atoms with E-state index < -0.39 is 0 Å². The lowest BCUT2D eigenvalue weighted by Crippen LogP contribution is -2.42. The second kappa shape index (κ2) is 11.0. The van der Waals surface area contributed by atoms with Gasteiger partial charge in [0.25, 0.3) is 0 Å². The number of ether oxygens (including phenoxy) is 1. The van der Waals surface area contributed by atoms with Crippen LogP contribution in [0.4, 0.5) is 0 Å². The number of hydrogen-bond donors (Lipinski definition) is 2. The zero-order chi connectivity index (χ0) is 16.6. The van der Waals surface area contributed by atoms with E-state index in [-0.39, 0.29) is 30.1 Å². The molecule has 1 aromatic carbocycles. The van der Waals surface area contributed by atoms with Crippen LogP contribution in [0.1, 0.15) is 57.1 Å². The summed E-state index contributed by atoms with van der Waals surface area (Å²) in [5.74, 6) is 1.43. The lowest BCUT2D eigenvalue weighted by atomic mass is 9.89. The van der Waals surface area contributed by atoms with Gasteiger partial charge in [-0.3, -0.25) is 4.99 Å². The van der Waals surface area contributed by atoms with Crippen LogP contribution < -0.4 is 10.6 Å². The fourth-order valence-electron chi connectivity index (χ4n) is 3.83. The van der Waals surface area contributed by atoms with Gasteiger partial charge in [-0.15, -0.1) is 24.0 Å². The summed E-state index contributed by atoms with van der Waals surface area (Å²) in [6, 6.07) is 11.2. The van der Waals surface area contributed by atoms with Crippen molar-refractivity contribution in [3.8, 4) is 0 Å². The first-order valence-corrected chi connectivity index (χ1v) is 9.58. The number of nitrogens with one attached hydrogen (secondary N) is 2. The van der Waals surface area contributed by atoms with E-state index in [1.165, 1.54) is 37.7 Å². The van der Waals surface area contributed by atoms with E-state index in [1.807, 2.05) is 0 Å². The van der Waals surface area contributed by atoms with Crippen molar-refractivity contribution >= 4 is 29.9 Å². The van der Waals surface area contributed by atoms with Crippen LogP contribution in [-0.2, 0) is 4.74 Å². The van der Waals surface area contributed by atoms with Gasteiger partial charge < -0.3 is 15.4 Å². The molecule has 0 radical (unpaired) electrons. The molecule has 25 heavy (non-hydrogen) atoms. The molecule has 3 rings (SSSR count). The van der Waals surface area contributed by atoms with Crippen LogP contribution in [0.3, 0.4) is 0 Å². The number of guanidine groups is 1. The molecule has 2 atom stereocenters. The van der Waals surface area contributed by atoms with Gasteiger partial charge in [-0.2, -0.15) is 0 Å². The summed E-state index contributed by atoms with van der Waals surface area (Å²) in [6.07, 6.45) is 7.71. The third-order valence-electron chi connectivity index (χ3n) is 5.10. The Morgan fingerprint density at radius 1 is 1.12 bits per heavy atom. The minimum Gasteiger partial charge on any atom is -0.373 e. The van der Waals surface area contributed by atoms with Crippen molar-refractivity contribution in [1.29, 1.82) is 0 Å². The monoisotopic (exact) mass is 457 g/mol. The molecule has 2 unspecified atom stereocenters. The van der Waals surface area contributed by atoms with Crippen LogP contribution in [0.5, 0.6) is 0 Å². The summed E-state index contributed by atoms with van der Waals surface area (Å²) in [5.41, 5.74) is 1.28. The van der Waals surface area contributed by atoms with Crippen LogP contribution in [-0.4, -0.2) is 31.7 Å². The van der Waals surface area contributed by atoms with Crippen LogP contribution >= 0.6 is 24.0 Å². The van der Waals surface area contributed by atoms with Gasteiger partial charge in [0.1, 0.15) is 0 Å². The van der Waals surface area contributed by atoms with Gasteiger partial charge in [-0.1, -0.05) is 43.2 Å². The normalized spacial score (nSPS) is 24.6. The molecule has 2 N–H and O–H groups in total. The molecule has 1 saturated heterocycles. The third kappa shape index (κ3) is 6.13. The molecule has 140 valence electrons. The number of rotatable bonds is 5. The molecular weight excluding hydrogens is 425 g/mol. The molecule has 1 aromatic rings. The van der Waals surface area contributed by atoms with Gasteiger partial charge in [0.2, 0.25) is 0 Å². The van der Waals surface area contributed by atoms with Crippen molar-refractivity contribution in [3.63, 3.8) is 0 Å². The molecule has 2 aliphatic rings. The number of nitrogens with zero attached hydrogens (tertiary/aromatic N) is 1. The van der Waals surface area contributed by atoms with Crippen molar-refractivity contribution in [2.75, 3.05) is 19.7 Å². The molecule has 2 fully saturated rings. The molecule has 1 saturated carbocycles. The molecule has 0 aromatic heterocycles. The van der Waals surface area contributed by atoms with E-state index in [1.54, 1.807) is 0 Å². The quantitative estimate of drug-likeness (QED) is 0.395. The first-order valence-electron chi connectivity index (χ1n) is 9.58. The Morgan fingerprint density at radius 3 is 2.60 bits per heavy atom. The summed E-state index contributed by atoms with van der Waals surface area (Å²) < 4.78 is 6.09. The third-order valence-corrected chi connectivity index (χ3v) is 5.10. The summed E-state index contributed by atoms with van der Waals surface area (Å²) in [5, 5.41) is 7.01. The van der Waals surface area contributed by atoms with Gasteiger partial charge >= 0.3 is 0 Å². The fourth-order valence-corrected chi connectivity index (χ4v) is 3.83. The van der Waals surface area contributed by atoms with Crippen LogP contribution in [0.25, 0.3) is 0 Å². The number of halogens is 1. The van der Waals surface area contributed by atoms with Gasteiger partial charge in [-0.25, -0.2) is 0 Å². The number of hydrogen-bond acceptors (Lipinski definition) is 2. The summed E-state index contributed by atoms with van der Waals surface area (Å²) >= 11 is 0. The molecule has 5 heteroatoms. The highest BCUT2D eigenvalue weighted by Crippen LogP contribution is 2.33. The van der Waals surface area contributed by atoms with Crippen LogP contribution in [0.15, 0.2) is 35.3 Å². The van der Waals surface area contributed by atoms with Crippen molar-refractivity contribution < 1.29 is 4.74 Å². The summed E-state index contributed by atoms with van der Waals surface area (Å²) in [7, 11) is 0. The molecule has 0 bridgehead atoms. The van der Waals surface area contributed by atoms with Gasteiger partial charge in [0.05, 0.1) is 6.10 Å². The molecule has 0 spiro atoms. The zero-order valence-corrected chi connectivity index (χ0v) is 17.6. The highest BCUT2D eigenvalue weighted by atomic mass is 127. The Bertz CT molecular complexity index is 517. The van der Waals surface area contributed by atoms with E-state index in [0.717, 1.165) is 32.1 Å². The first-order chi connectivity index (χ1) is 11.9. The van der Waals surface area contributed by atoms with Crippen molar-refractivity contribution in [1.82, 2.24) is 10.6 Å². The Kier molecular flexibility index (Phi) is 9.03. The lowest BCUT2D eigenvalue weighted by molar-refractivity contribution is -0.0250. The lowest BCUT2D eigenvalue weighted by Gasteiger charge is -2.31. The number of aliphatic imine (C=N–C) groups is 1. The second-order valence-electron chi connectivity index (χ2n) is 6.95. The van der Waals surface area contributed by atoms with Crippen molar-refractivity contribution in [2.24, 2.45) is 10.9 Å². The van der Waals surface area contributed by atoms with Crippen LogP contribution in [0.2, 0.25) is 0 Å². The largest absolute Gasteiger partial charge is 0.373 e. The molecule has 1 aliphatic carbocycles. The zero-order valence-electron chi connectivity index (χ0n) is 15.2. The maximum atomic E-state index is 6.09. The molecule has 1 aliphatic heterocycles. The standard InChI is InChI=1S/C20H31N3O.HI/c1-2-21-20(23-18-12-6-7-13-18)22-15-17-11-8-14-24-19(17)16-9-4-3-5-10-16;/h3-5,9-10,17-19H,2,6-8,11-15H2,1H3,(H2,21,22,23);1H. The highest BCUT2D eigenvalue weighted by molar-refractivity contribution is 14.0. The van der Waals surface area contributed by atoms with Gasteiger partial charge in [0.15, 0.2) is 5.96 Å². The Balaban J connectivity index is 0.00000225. The average molecular weight is 457 g/mol. The van der Waals surface area contributed by atoms with Gasteiger partial charge in [-0.05, 0) is 38.2 Å². The minimum absolute atomic E-state index is 0. The minimum atomic E-state index is 0. The Hall–Kier alpha value is -0.820. The maximum absolute atomic E-state index is 6.09. The van der Waals surface area contributed by atoms with Crippen molar-refractivity contribution in [3.05, 3.63) is 35.9 Å². The SMILES string of the molecule is CCNC(=NCC1CCCOC1c1ccccc1)NC1CCCC1.I. The summed E-state index contributed by atoms with van der Waals surface area (Å²) in [6.45, 7) is 4.71. The maximum Gasteiger partial charge on any atom is 0.191 e. The molecular formula is C20H32IN3O. The van der Waals surface area contributed by atoms with E-state index >= 15 is 0 Å². The average Bonchev–Trinajstić information content (AvgIpc) is 3.14. The first kappa shape index (κ1) is 20.5. The topological polar surface area (TPSA) is 45.7 Å². The summed E-state index contributed by atoms with van der Waals surface area (Å²) in [4.78, 5) is 4.89. The Labute approximate surface area is 169 Å². The van der Waals surface area contributed by atoms with Gasteiger partial charge in [0, 0.05) is 31.7 Å². The van der Waals surface area contributed by atoms with Crippen molar-refractivity contribution in [2.45, 2.75) is 57.6 Å². The fraction of sp³-hybridized carbons (Fsp3) is 0.650. The second-order valence-corrected chi connectivity index (χ2v) is 6.95. The Morgan fingerprint density at radius 2 is 1.88 bits per heavy atom. The van der Waals surface area contributed by atoms with Crippen LogP contribution in [0, 0.1) is 5.92 Å². The molecule has 0 amide bonds. The van der Waals surface area contributed by atoms with E-state index in [2.05, 4.69) is 47.9 Å². The molecule has 4 nitrogen and oxygen atoms in total. The molecule has 1 heterocycles. The van der Waals surface area contributed by atoms with E-state index in [9.17, 15) is 0 Å². The smallest absolute Gasteiger partial charge is 0.191 e. The predicted molar refractivity (Wildman–Crippen MR) is 115 cm³/mol. The number of benzene rings is 1. The van der Waals surface area contributed by atoms with E-state index in [0.29, 0.717) is 12.0 Å². The highest BCUT2D eigenvalue weighted by Gasteiger charge is 2.27.